The third-order valence-electron chi connectivity index (χ3n) is 4.84. The highest BCUT2D eigenvalue weighted by Gasteiger charge is 2.21. The van der Waals surface area contributed by atoms with Crippen molar-refractivity contribution in [3.63, 3.8) is 0 Å². The molecule has 0 spiro atoms. The van der Waals surface area contributed by atoms with Crippen LogP contribution in [0.2, 0.25) is 0 Å². The lowest BCUT2D eigenvalue weighted by atomic mass is 9.98. The van der Waals surface area contributed by atoms with Gasteiger partial charge in [0.05, 0.1) is 0 Å². The minimum Gasteiger partial charge on any atom is -0.357 e. The van der Waals surface area contributed by atoms with Crippen LogP contribution in [0.15, 0.2) is 4.99 Å². The lowest BCUT2D eigenvalue weighted by molar-refractivity contribution is 0.186. The number of nitrogens with zero attached hydrogens (tertiary/aromatic N) is 3. The maximum Gasteiger partial charge on any atom is 0.193 e. The van der Waals surface area contributed by atoms with Crippen molar-refractivity contribution in [2.45, 2.75) is 46.5 Å². The van der Waals surface area contributed by atoms with Crippen molar-refractivity contribution in [2.24, 2.45) is 16.8 Å². The van der Waals surface area contributed by atoms with E-state index in [2.05, 4.69) is 35.9 Å². The third kappa shape index (κ3) is 6.22. The Hall–Kier alpha value is -0.0400. The van der Waals surface area contributed by atoms with E-state index in [9.17, 15) is 0 Å². The van der Waals surface area contributed by atoms with Gasteiger partial charge in [0.25, 0.3) is 0 Å². The molecule has 2 unspecified atom stereocenters. The number of rotatable bonds is 4. The Labute approximate surface area is 154 Å². The SMILES string of the molecule is CCNC(=NCC1CCCN(CC)C1)N1CCCC(C)C1.I. The first-order chi connectivity index (χ1) is 10.2. The highest BCUT2D eigenvalue weighted by Crippen LogP contribution is 2.18. The normalized spacial score (nSPS) is 27.4. The Morgan fingerprint density at radius 2 is 1.91 bits per heavy atom. The predicted octanol–water partition coefficient (Wildman–Crippen LogP) is 3.03. The maximum absolute atomic E-state index is 4.97. The van der Waals surface area contributed by atoms with Crippen LogP contribution in [0, 0.1) is 11.8 Å². The van der Waals surface area contributed by atoms with Gasteiger partial charge in [-0.15, -0.1) is 24.0 Å². The molecular weight excluding hydrogens is 387 g/mol. The summed E-state index contributed by atoms with van der Waals surface area (Å²) in [7, 11) is 0. The summed E-state index contributed by atoms with van der Waals surface area (Å²) >= 11 is 0. The van der Waals surface area contributed by atoms with Crippen molar-refractivity contribution < 1.29 is 0 Å². The summed E-state index contributed by atoms with van der Waals surface area (Å²) in [5.74, 6) is 2.69. The molecule has 2 atom stereocenters. The van der Waals surface area contributed by atoms with Gasteiger partial charge in [-0.3, -0.25) is 4.99 Å². The maximum atomic E-state index is 4.97. The predicted molar refractivity (Wildman–Crippen MR) is 106 cm³/mol. The molecule has 130 valence electrons. The average molecular weight is 422 g/mol. The van der Waals surface area contributed by atoms with Crippen LogP contribution >= 0.6 is 24.0 Å². The van der Waals surface area contributed by atoms with Gasteiger partial charge in [-0.05, 0) is 57.5 Å². The Kier molecular flexibility index (Phi) is 9.71. The fourth-order valence-corrected chi connectivity index (χ4v) is 3.61. The van der Waals surface area contributed by atoms with Crippen LogP contribution in [0.4, 0.5) is 0 Å². The number of hydrogen-bond donors (Lipinski definition) is 1. The summed E-state index contributed by atoms with van der Waals surface area (Å²) in [5, 5.41) is 3.50. The van der Waals surface area contributed by atoms with E-state index in [0.29, 0.717) is 0 Å². The monoisotopic (exact) mass is 422 g/mol. The first-order valence-electron chi connectivity index (χ1n) is 8.98. The Morgan fingerprint density at radius 3 is 2.59 bits per heavy atom. The number of guanidine groups is 1. The van der Waals surface area contributed by atoms with Gasteiger partial charge in [-0.2, -0.15) is 0 Å². The molecule has 0 amide bonds. The Balaban J connectivity index is 0.00000242. The van der Waals surface area contributed by atoms with Crippen LogP contribution in [0.25, 0.3) is 0 Å². The fourth-order valence-electron chi connectivity index (χ4n) is 3.61. The molecule has 0 aromatic rings. The first-order valence-corrected chi connectivity index (χ1v) is 8.98. The van der Waals surface area contributed by atoms with Gasteiger partial charge >= 0.3 is 0 Å². The van der Waals surface area contributed by atoms with Gasteiger partial charge in [-0.25, -0.2) is 0 Å². The molecule has 4 nitrogen and oxygen atoms in total. The molecule has 0 aromatic carbocycles. The van der Waals surface area contributed by atoms with E-state index in [1.807, 2.05) is 0 Å². The number of aliphatic imine (C=N–C) groups is 1. The second-order valence-electron chi connectivity index (χ2n) is 6.79. The lowest BCUT2D eigenvalue weighted by Crippen LogP contribution is -2.46. The minimum absolute atomic E-state index is 0. The van der Waals surface area contributed by atoms with E-state index < -0.39 is 0 Å². The van der Waals surface area contributed by atoms with E-state index >= 15 is 0 Å². The highest BCUT2D eigenvalue weighted by atomic mass is 127. The van der Waals surface area contributed by atoms with Crippen molar-refractivity contribution in [3.8, 4) is 0 Å². The second-order valence-corrected chi connectivity index (χ2v) is 6.79. The number of halogens is 1. The fraction of sp³-hybridized carbons (Fsp3) is 0.941. The van der Waals surface area contributed by atoms with Gasteiger partial charge in [0, 0.05) is 32.7 Å². The minimum atomic E-state index is 0. The quantitative estimate of drug-likeness (QED) is 0.429. The van der Waals surface area contributed by atoms with Crippen LogP contribution < -0.4 is 5.32 Å². The topological polar surface area (TPSA) is 30.9 Å². The van der Waals surface area contributed by atoms with Crippen LogP contribution in [-0.4, -0.2) is 61.6 Å². The van der Waals surface area contributed by atoms with Crippen LogP contribution in [0.1, 0.15) is 46.5 Å². The molecule has 2 rings (SSSR count). The molecule has 0 aliphatic carbocycles. The molecule has 22 heavy (non-hydrogen) atoms. The second kappa shape index (κ2) is 10.7. The molecule has 0 saturated carbocycles. The number of nitrogens with one attached hydrogen (secondary N) is 1. The smallest absolute Gasteiger partial charge is 0.193 e. The first kappa shape index (κ1) is 20.0. The van der Waals surface area contributed by atoms with Gasteiger partial charge in [-0.1, -0.05) is 13.8 Å². The highest BCUT2D eigenvalue weighted by molar-refractivity contribution is 14.0. The van der Waals surface area contributed by atoms with E-state index in [4.69, 9.17) is 4.99 Å². The van der Waals surface area contributed by atoms with Crippen LogP contribution in [0.3, 0.4) is 0 Å². The molecule has 0 bridgehead atoms. The van der Waals surface area contributed by atoms with E-state index in [1.165, 1.54) is 51.9 Å². The van der Waals surface area contributed by atoms with Gasteiger partial charge in [0.1, 0.15) is 0 Å². The molecule has 1 N–H and O–H groups in total. The van der Waals surface area contributed by atoms with Crippen molar-refractivity contribution in [1.29, 1.82) is 0 Å². The summed E-state index contributed by atoms with van der Waals surface area (Å²) in [6.45, 7) is 14.8. The summed E-state index contributed by atoms with van der Waals surface area (Å²) in [4.78, 5) is 10.0. The zero-order valence-corrected chi connectivity index (χ0v) is 17.0. The molecule has 5 heteroatoms. The van der Waals surface area contributed by atoms with E-state index in [-0.39, 0.29) is 24.0 Å². The zero-order valence-electron chi connectivity index (χ0n) is 14.7. The molecule has 2 saturated heterocycles. The van der Waals surface area contributed by atoms with Gasteiger partial charge < -0.3 is 15.1 Å². The Bertz CT molecular complexity index is 335. The molecule has 2 heterocycles. The van der Waals surface area contributed by atoms with Gasteiger partial charge in [0.2, 0.25) is 0 Å². The molecule has 2 fully saturated rings. The molecule has 2 aliphatic rings. The summed E-state index contributed by atoms with van der Waals surface area (Å²) < 4.78 is 0. The van der Waals surface area contributed by atoms with Crippen molar-refractivity contribution >= 4 is 29.9 Å². The summed E-state index contributed by atoms with van der Waals surface area (Å²) in [6.07, 6.45) is 5.35. The lowest BCUT2D eigenvalue weighted by Gasteiger charge is -2.34. The largest absolute Gasteiger partial charge is 0.357 e. The molecule has 0 radical (unpaired) electrons. The molecular formula is C17H35IN4. The van der Waals surface area contributed by atoms with E-state index in [1.54, 1.807) is 0 Å². The molecule has 2 aliphatic heterocycles. The molecule has 0 aromatic heterocycles. The average Bonchev–Trinajstić information content (AvgIpc) is 2.51. The van der Waals surface area contributed by atoms with Crippen LogP contribution in [-0.2, 0) is 0 Å². The number of hydrogen-bond acceptors (Lipinski definition) is 2. The van der Waals surface area contributed by atoms with Gasteiger partial charge in [0.15, 0.2) is 5.96 Å². The number of likely N-dealkylation sites (tertiary alicyclic amines) is 2. The third-order valence-corrected chi connectivity index (χ3v) is 4.84. The van der Waals surface area contributed by atoms with Crippen LogP contribution in [0.5, 0.6) is 0 Å². The summed E-state index contributed by atoms with van der Waals surface area (Å²) in [5.41, 5.74) is 0. The van der Waals surface area contributed by atoms with Crippen molar-refractivity contribution in [3.05, 3.63) is 0 Å². The Morgan fingerprint density at radius 1 is 1.14 bits per heavy atom. The summed E-state index contributed by atoms with van der Waals surface area (Å²) in [6, 6.07) is 0. The standard InChI is InChI=1S/C17H34N4.HI/c1-4-18-17(21-11-6-8-15(3)13-21)19-12-16-9-7-10-20(5-2)14-16;/h15-16H,4-14H2,1-3H3,(H,18,19);1H. The van der Waals surface area contributed by atoms with Crippen molar-refractivity contribution in [2.75, 3.05) is 45.8 Å². The van der Waals surface area contributed by atoms with E-state index in [0.717, 1.165) is 37.4 Å². The van der Waals surface area contributed by atoms with Crippen molar-refractivity contribution in [1.82, 2.24) is 15.1 Å². The number of piperidine rings is 2. The zero-order chi connectivity index (χ0) is 15.1.